The molecule has 0 spiro atoms. The predicted molar refractivity (Wildman–Crippen MR) is 156 cm³/mol. The number of halogens is 2. The zero-order valence-electron chi connectivity index (χ0n) is 25.9. The lowest BCUT2D eigenvalue weighted by atomic mass is 9.82. The van der Waals surface area contributed by atoms with Crippen molar-refractivity contribution in [2.45, 2.75) is 99.2 Å². The fraction of sp³-hybridized carbons (Fsp3) is 0.821. The van der Waals surface area contributed by atoms with Gasteiger partial charge in [0.2, 0.25) is 18.5 Å². The molecular weight excluding hydrogens is 595 g/mol. The van der Waals surface area contributed by atoms with Gasteiger partial charge in [-0.25, -0.2) is 4.99 Å². The number of hydrogen-bond acceptors (Lipinski definition) is 11. The summed E-state index contributed by atoms with van der Waals surface area (Å²) in [6.45, 7) is 15.7. The molecule has 42 heavy (non-hydrogen) atoms. The summed E-state index contributed by atoms with van der Waals surface area (Å²) in [7, 11) is 0. The topological polar surface area (TPSA) is 148 Å². The van der Waals surface area contributed by atoms with Gasteiger partial charge in [-0.15, -0.1) is 23.2 Å². The van der Waals surface area contributed by atoms with Crippen LogP contribution >= 0.6 is 23.2 Å². The predicted octanol–water partition coefficient (Wildman–Crippen LogP) is 3.44. The SMILES string of the molecule is CC(=O)NC1C(OC(C)=O)OC(COC(C)=O)[C@@H](C)[C@@H]1C.CC(=O)OCC1O[C@@H]2OC(C)=NC2[C@@H](C)[C@@H]1C.ClCCCl. The van der Waals surface area contributed by atoms with Crippen LogP contribution in [0.1, 0.15) is 62.3 Å². The Morgan fingerprint density at radius 3 is 1.74 bits per heavy atom. The Morgan fingerprint density at radius 1 is 0.786 bits per heavy atom. The van der Waals surface area contributed by atoms with Gasteiger partial charge in [-0.3, -0.25) is 19.2 Å². The molecule has 0 saturated carbocycles. The van der Waals surface area contributed by atoms with E-state index in [0.29, 0.717) is 23.6 Å². The highest BCUT2D eigenvalue weighted by Crippen LogP contribution is 2.36. The van der Waals surface area contributed by atoms with Crippen LogP contribution < -0.4 is 5.32 Å². The molecule has 0 aromatic carbocycles. The fourth-order valence-electron chi connectivity index (χ4n) is 4.73. The Bertz CT molecular complexity index is 932. The van der Waals surface area contributed by atoms with Crippen molar-refractivity contribution in [3.63, 3.8) is 0 Å². The van der Waals surface area contributed by atoms with E-state index in [-0.39, 0.29) is 61.3 Å². The number of hydrogen-bond donors (Lipinski definition) is 1. The van der Waals surface area contributed by atoms with Gasteiger partial charge in [0.15, 0.2) is 5.90 Å². The molecule has 0 radical (unpaired) electrons. The Hall–Kier alpha value is -2.15. The van der Waals surface area contributed by atoms with E-state index in [1.807, 2.05) is 20.8 Å². The summed E-state index contributed by atoms with van der Waals surface area (Å²) in [5.41, 5.74) is 0. The summed E-state index contributed by atoms with van der Waals surface area (Å²) in [5.74, 6) is 1.04. The molecule has 14 heteroatoms. The van der Waals surface area contributed by atoms with Crippen LogP contribution in [0.3, 0.4) is 0 Å². The van der Waals surface area contributed by atoms with E-state index < -0.39 is 30.4 Å². The number of carbonyl (C=O) groups is 4. The summed E-state index contributed by atoms with van der Waals surface area (Å²) in [6.07, 6.45) is -1.71. The number of alkyl halides is 2. The number of fused-ring (bicyclic) bond motifs is 1. The number of rotatable bonds is 7. The van der Waals surface area contributed by atoms with Gasteiger partial charge in [0.25, 0.3) is 0 Å². The van der Waals surface area contributed by atoms with Gasteiger partial charge in [0.05, 0.1) is 18.2 Å². The van der Waals surface area contributed by atoms with Crippen LogP contribution in [0.5, 0.6) is 0 Å². The lowest BCUT2D eigenvalue weighted by Gasteiger charge is -2.43. The van der Waals surface area contributed by atoms with Crippen molar-refractivity contribution in [3.05, 3.63) is 0 Å². The number of nitrogens with zero attached hydrogens (tertiary/aromatic N) is 1. The van der Waals surface area contributed by atoms with Crippen molar-refractivity contribution in [3.8, 4) is 0 Å². The smallest absolute Gasteiger partial charge is 0.305 e. The molecule has 3 aliphatic rings. The van der Waals surface area contributed by atoms with E-state index in [1.165, 1.54) is 27.7 Å². The van der Waals surface area contributed by atoms with Crippen molar-refractivity contribution in [1.82, 2.24) is 5.32 Å². The van der Waals surface area contributed by atoms with E-state index >= 15 is 0 Å². The standard InChI is InChI=1S/C14H23NO6.C12H19NO4.C2H4Cl2/c1-7-8(2)13(15-9(3)16)14(20-11(5)18)21-12(7)6-19-10(4)17;1-6-7(2)11-12(16-8(3)13-11)17-10(6)5-15-9(4)14;3-1-2-4/h7-8,12-14H,6H2,1-5H3,(H,15,16);6-7,10-12H,5H2,1-4H3;1-2H2/t7-,8-,12?,13?,14?;6-,7-,10?,11?,12-;/m00./s1. The molecule has 2 saturated heterocycles. The summed E-state index contributed by atoms with van der Waals surface area (Å²) in [4.78, 5) is 48.7. The van der Waals surface area contributed by atoms with Crippen molar-refractivity contribution >= 4 is 52.9 Å². The van der Waals surface area contributed by atoms with Gasteiger partial charge in [-0.1, -0.05) is 27.7 Å². The first kappa shape index (κ1) is 37.9. The highest BCUT2D eigenvalue weighted by atomic mass is 35.5. The van der Waals surface area contributed by atoms with Crippen molar-refractivity contribution < 1.29 is 47.6 Å². The van der Waals surface area contributed by atoms with Crippen LogP contribution in [0.25, 0.3) is 0 Å². The van der Waals surface area contributed by atoms with E-state index in [1.54, 1.807) is 0 Å². The minimum Gasteiger partial charge on any atom is -0.463 e. The van der Waals surface area contributed by atoms with Gasteiger partial charge in [-0.2, -0.15) is 0 Å². The third-order valence-corrected chi connectivity index (χ3v) is 7.94. The average Bonchev–Trinajstić information content (AvgIpc) is 3.29. The molecule has 10 atom stereocenters. The number of ether oxygens (including phenoxy) is 6. The number of amides is 1. The van der Waals surface area contributed by atoms with Crippen LogP contribution in [-0.4, -0.2) is 91.6 Å². The van der Waals surface area contributed by atoms with Crippen molar-refractivity contribution in [2.75, 3.05) is 25.0 Å². The first-order chi connectivity index (χ1) is 19.6. The maximum absolute atomic E-state index is 11.3. The summed E-state index contributed by atoms with van der Waals surface area (Å²) < 4.78 is 32.2. The molecule has 3 rings (SSSR count). The van der Waals surface area contributed by atoms with E-state index in [9.17, 15) is 19.2 Å². The van der Waals surface area contributed by atoms with Crippen molar-refractivity contribution in [2.24, 2.45) is 28.7 Å². The molecular formula is C28H46Cl2N2O10. The lowest BCUT2D eigenvalue weighted by Crippen LogP contribution is -2.58. The number of carbonyl (C=O) groups excluding carboxylic acids is 4. The molecule has 1 N–H and O–H groups in total. The molecule has 1 amide bonds. The molecule has 0 bridgehead atoms. The van der Waals surface area contributed by atoms with E-state index in [4.69, 9.17) is 51.6 Å². The van der Waals surface area contributed by atoms with Crippen LogP contribution in [0.2, 0.25) is 0 Å². The number of aliphatic imine (C=N–C) groups is 1. The molecule has 0 aromatic rings. The largest absolute Gasteiger partial charge is 0.463 e. The maximum Gasteiger partial charge on any atom is 0.305 e. The second-order valence-electron chi connectivity index (χ2n) is 10.6. The zero-order valence-corrected chi connectivity index (χ0v) is 27.4. The second kappa shape index (κ2) is 18.5. The molecule has 0 aliphatic carbocycles. The van der Waals surface area contributed by atoms with Gasteiger partial charge in [0.1, 0.15) is 19.3 Å². The summed E-state index contributed by atoms with van der Waals surface area (Å²) >= 11 is 10.1. The third kappa shape index (κ3) is 12.2. The highest BCUT2D eigenvalue weighted by Gasteiger charge is 2.46. The fourth-order valence-corrected chi connectivity index (χ4v) is 4.73. The van der Waals surface area contributed by atoms with E-state index in [2.05, 4.69) is 24.2 Å². The van der Waals surface area contributed by atoms with E-state index in [0.717, 1.165) is 0 Å². The Labute approximate surface area is 258 Å². The second-order valence-corrected chi connectivity index (χ2v) is 11.4. The van der Waals surface area contributed by atoms with Crippen molar-refractivity contribution in [1.29, 1.82) is 0 Å². The molecule has 3 aliphatic heterocycles. The minimum atomic E-state index is -0.891. The lowest BCUT2D eigenvalue weighted by molar-refractivity contribution is -0.238. The van der Waals surface area contributed by atoms with Crippen LogP contribution in [0.4, 0.5) is 0 Å². The Balaban J connectivity index is 0.000000378. The van der Waals surface area contributed by atoms with Crippen LogP contribution in [-0.2, 0) is 47.6 Å². The maximum atomic E-state index is 11.3. The normalized spacial score (nSPS) is 33.1. The molecule has 5 unspecified atom stereocenters. The molecule has 242 valence electrons. The average molecular weight is 642 g/mol. The minimum absolute atomic E-state index is 0.00689. The van der Waals surface area contributed by atoms with Gasteiger partial charge in [0, 0.05) is 46.4 Å². The van der Waals surface area contributed by atoms with Gasteiger partial charge >= 0.3 is 17.9 Å². The van der Waals surface area contributed by atoms with Crippen LogP contribution in [0.15, 0.2) is 4.99 Å². The highest BCUT2D eigenvalue weighted by molar-refractivity contribution is 6.25. The summed E-state index contributed by atoms with van der Waals surface area (Å²) in [5, 5.41) is 2.75. The molecule has 12 nitrogen and oxygen atoms in total. The van der Waals surface area contributed by atoms with Gasteiger partial charge in [-0.05, 0) is 23.7 Å². The number of esters is 3. The molecule has 2 fully saturated rings. The van der Waals surface area contributed by atoms with Crippen LogP contribution in [0, 0.1) is 23.7 Å². The van der Waals surface area contributed by atoms with Gasteiger partial charge < -0.3 is 33.7 Å². The monoisotopic (exact) mass is 640 g/mol. The third-order valence-electron chi connectivity index (χ3n) is 7.37. The Morgan fingerprint density at radius 2 is 1.29 bits per heavy atom. The summed E-state index contributed by atoms with van der Waals surface area (Å²) in [6, 6.07) is -0.367. The zero-order chi connectivity index (χ0) is 32.1. The first-order valence-corrected chi connectivity index (χ1v) is 15.0. The Kier molecular flexibility index (Phi) is 16.7. The molecule has 0 aromatic heterocycles. The molecule has 3 heterocycles. The first-order valence-electron chi connectivity index (χ1n) is 14.0. The quantitative estimate of drug-likeness (QED) is 0.249. The number of nitrogens with one attached hydrogen (secondary N) is 1.